The van der Waals surface area contributed by atoms with Crippen LogP contribution in [0.3, 0.4) is 0 Å². The highest BCUT2D eigenvalue weighted by Gasteiger charge is 2.25. The van der Waals surface area contributed by atoms with Gasteiger partial charge in [-0.05, 0) is 82.3 Å². The largest absolute Gasteiger partial charge is 0.435 e. The number of aromatic nitrogens is 2. The Kier molecular flexibility index (Phi) is 7.92. The maximum Gasteiger partial charge on any atom is 0.237 e. The molecule has 41 heavy (non-hydrogen) atoms. The number of carbonyl (C=O) groups excluding carboxylic acids is 2. The van der Waals surface area contributed by atoms with E-state index in [2.05, 4.69) is 53.7 Å². The van der Waals surface area contributed by atoms with Crippen molar-refractivity contribution in [1.29, 1.82) is 0 Å². The van der Waals surface area contributed by atoms with Crippen molar-refractivity contribution in [2.24, 2.45) is 0 Å². The zero-order valence-corrected chi connectivity index (χ0v) is 26.3. The van der Waals surface area contributed by atoms with Gasteiger partial charge in [0.25, 0.3) is 0 Å². The van der Waals surface area contributed by atoms with E-state index in [1.165, 1.54) is 11.3 Å². The fourth-order valence-electron chi connectivity index (χ4n) is 4.85. The topological polar surface area (TPSA) is 86.2 Å². The van der Waals surface area contributed by atoms with E-state index in [0.29, 0.717) is 24.6 Å². The minimum Gasteiger partial charge on any atom is -0.435 e. The van der Waals surface area contributed by atoms with E-state index in [-0.39, 0.29) is 34.2 Å². The maximum absolute atomic E-state index is 11.4. The third-order valence-corrected chi connectivity index (χ3v) is 8.40. The Morgan fingerprint density at radius 3 is 1.44 bits per heavy atom. The van der Waals surface area contributed by atoms with Crippen LogP contribution in [0.25, 0.3) is 43.7 Å². The summed E-state index contributed by atoms with van der Waals surface area (Å²) in [6.07, 6.45) is 1.63. The summed E-state index contributed by atoms with van der Waals surface area (Å²) in [5.74, 6) is 1.04. The monoisotopic (exact) mass is 610 g/mol. The lowest BCUT2D eigenvalue weighted by Crippen LogP contribution is -2.12. The van der Waals surface area contributed by atoms with Gasteiger partial charge >= 0.3 is 0 Å². The molecule has 0 N–H and O–H groups in total. The number of fused-ring (bicyclic) bond motifs is 2. The van der Waals surface area contributed by atoms with Gasteiger partial charge in [0.1, 0.15) is 11.0 Å². The number of benzene rings is 2. The van der Waals surface area contributed by atoms with Crippen molar-refractivity contribution in [2.75, 3.05) is 0 Å². The number of carbonyl (C=O) groups is 2. The quantitative estimate of drug-likeness (QED) is 0.163. The second kappa shape index (κ2) is 11.0. The number of halogens is 2. The van der Waals surface area contributed by atoms with Crippen molar-refractivity contribution in [3.8, 4) is 21.5 Å². The minimum absolute atomic E-state index is 0.185. The molecule has 0 radical (unpaired) electrons. The molecule has 5 rings (SSSR count). The van der Waals surface area contributed by atoms with Gasteiger partial charge in [-0.15, -0.1) is 11.3 Å². The number of aryl methyl sites for hydroxylation is 2. The van der Waals surface area contributed by atoms with E-state index in [1.54, 1.807) is 0 Å². The van der Waals surface area contributed by atoms with Gasteiger partial charge in [-0.25, -0.2) is 9.97 Å². The predicted octanol–water partition coefficient (Wildman–Crippen LogP) is 9.36. The van der Waals surface area contributed by atoms with Gasteiger partial charge in [0.2, 0.25) is 22.3 Å². The van der Waals surface area contributed by atoms with Crippen LogP contribution in [-0.2, 0) is 33.3 Å². The van der Waals surface area contributed by atoms with Crippen LogP contribution in [0.2, 0.25) is 0 Å². The highest BCUT2D eigenvalue weighted by atomic mass is 35.5. The second-order valence-electron chi connectivity index (χ2n) is 12.4. The van der Waals surface area contributed by atoms with E-state index in [4.69, 9.17) is 42.0 Å². The SMILES string of the molecule is CC(C)(C)c1cc(CCC(=O)Cl)cc2nc(-c3ccc(-c4nc5cc(CCC(=O)Cl)cc(C(C)(C)C)c5o4)s3)oc12. The van der Waals surface area contributed by atoms with Crippen LogP contribution in [0, 0.1) is 0 Å². The molecule has 0 fully saturated rings. The van der Waals surface area contributed by atoms with Crippen molar-refractivity contribution < 1.29 is 18.4 Å². The first-order valence-corrected chi connectivity index (χ1v) is 15.1. The zero-order chi connectivity index (χ0) is 29.7. The van der Waals surface area contributed by atoms with Gasteiger partial charge in [0.15, 0.2) is 11.2 Å². The number of thiophene rings is 1. The Morgan fingerprint density at radius 1 is 0.707 bits per heavy atom. The second-order valence-corrected chi connectivity index (χ2v) is 14.3. The van der Waals surface area contributed by atoms with E-state index in [0.717, 1.165) is 54.2 Å². The van der Waals surface area contributed by atoms with Crippen LogP contribution >= 0.6 is 34.5 Å². The summed E-state index contributed by atoms with van der Waals surface area (Å²) in [6.45, 7) is 12.8. The minimum atomic E-state index is -0.357. The molecule has 0 atom stereocenters. The summed E-state index contributed by atoms with van der Waals surface area (Å²) < 4.78 is 12.7. The standard InChI is InChI=1S/C32H32Cl2N2O4S/c1-31(2,3)19-13-17(7-11-25(33)37)15-21-27(19)39-29(35-21)23-9-10-24(41-23)30-36-22-16-18(8-12-26(34)38)14-20(28(22)40-30)32(4,5)6/h9-10,13-16H,7-8,11-12H2,1-6H3. The first-order chi connectivity index (χ1) is 19.2. The molecule has 3 aromatic heterocycles. The average Bonchev–Trinajstić information content (AvgIpc) is 3.61. The molecule has 0 unspecified atom stereocenters. The van der Waals surface area contributed by atoms with Gasteiger partial charge in [0.05, 0.1) is 9.75 Å². The van der Waals surface area contributed by atoms with Gasteiger partial charge in [-0.2, -0.15) is 0 Å². The predicted molar refractivity (Wildman–Crippen MR) is 166 cm³/mol. The normalized spacial score (nSPS) is 12.5. The zero-order valence-electron chi connectivity index (χ0n) is 24.0. The molecule has 2 aromatic carbocycles. The van der Waals surface area contributed by atoms with Crippen molar-refractivity contribution in [3.05, 3.63) is 58.7 Å². The number of nitrogens with zero attached hydrogens (tertiary/aromatic N) is 2. The first kappa shape index (κ1) is 29.5. The molecule has 0 saturated heterocycles. The van der Waals surface area contributed by atoms with Crippen molar-refractivity contribution in [1.82, 2.24) is 9.97 Å². The fourth-order valence-corrected chi connectivity index (χ4v) is 5.90. The average molecular weight is 612 g/mol. The molecule has 0 aliphatic heterocycles. The molecule has 9 heteroatoms. The Labute approximate surface area is 253 Å². The molecule has 0 amide bonds. The van der Waals surface area contributed by atoms with Crippen LogP contribution in [-0.4, -0.2) is 20.5 Å². The van der Waals surface area contributed by atoms with Gasteiger partial charge in [0, 0.05) is 24.0 Å². The molecular weight excluding hydrogens is 579 g/mol. The summed E-state index contributed by atoms with van der Waals surface area (Å²) in [7, 11) is 0. The number of oxazole rings is 2. The summed E-state index contributed by atoms with van der Waals surface area (Å²) in [5.41, 5.74) is 6.67. The van der Waals surface area contributed by atoms with E-state index >= 15 is 0 Å². The van der Waals surface area contributed by atoms with Crippen LogP contribution in [0.15, 0.2) is 45.2 Å². The Bertz CT molecular complexity index is 1650. The lowest BCUT2D eigenvalue weighted by atomic mass is 9.85. The summed E-state index contributed by atoms with van der Waals surface area (Å²) >= 11 is 12.7. The van der Waals surface area contributed by atoms with Gasteiger partial charge in [-0.3, -0.25) is 9.59 Å². The molecule has 5 aromatic rings. The summed E-state index contributed by atoms with van der Waals surface area (Å²) in [6, 6.07) is 12.0. The summed E-state index contributed by atoms with van der Waals surface area (Å²) in [5, 5.41) is -0.713. The number of hydrogen-bond acceptors (Lipinski definition) is 7. The molecule has 0 aliphatic carbocycles. The van der Waals surface area contributed by atoms with E-state index < -0.39 is 0 Å². The fraction of sp³-hybridized carbons (Fsp3) is 0.375. The molecule has 0 saturated carbocycles. The highest BCUT2D eigenvalue weighted by Crippen LogP contribution is 2.40. The number of hydrogen-bond donors (Lipinski definition) is 0. The van der Waals surface area contributed by atoms with Crippen LogP contribution in [0.4, 0.5) is 0 Å². The number of rotatable bonds is 8. The van der Waals surface area contributed by atoms with Crippen molar-refractivity contribution in [3.63, 3.8) is 0 Å². The maximum atomic E-state index is 11.4. The Morgan fingerprint density at radius 2 is 1.10 bits per heavy atom. The van der Waals surface area contributed by atoms with Crippen molar-refractivity contribution in [2.45, 2.75) is 78.1 Å². The first-order valence-electron chi connectivity index (χ1n) is 13.5. The Balaban J connectivity index is 1.53. The van der Waals surface area contributed by atoms with Gasteiger partial charge in [-0.1, -0.05) is 53.7 Å². The molecule has 6 nitrogen and oxygen atoms in total. The molecule has 214 valence electrons. The molecular formula is C32H32Cl2N2O4S. The molecule has 3 heterocycles. The smallest absolute Gasteiger partial charge is 0.237 e. The molecule has 0 spiro atoms. The van der Waals surface area contributed by atoms with E-state index in [9.17, 15) is 9.59 Å². The van der Waals surface area contributed by atoms with E-state index in [1.807, 2.05) is 24.3 Å². The lowest BCUT2D eigenvalue weighted by molar-refractivity contribution is -0.112. The van der Waals surface area contributed by atoms with Crippen molar-refractivity contribution >= 4 is 67.2 Å². The highest BCUT2D eigenvalue weighted by molar-refractivity contribution is 7.18. The third-order valence-electron chi connectivity index (χ3n) is 6.96. The van der Waals surface area contributed by atoms with Gasteiger partial charge < -0.3 is 8.83 Å². The van der Waals surface area contributed by atoms with Crippen LogP contribution in [0.5, 0.6) is 0 Å². The molecule has 0 bridgehead atoms. The lowest BCUT2D eigenvalue weighted by Gasteiger charge is -2.20. The third kappa shape index (κ3) is 6.42. The van der Waals surface area contributed by atoms with Crippen LogP contribution < -0.4 is 0 Å². The molecule has 0 aliphatic rings. The summed E-state index contributed by atoms with van der Waals surface area (Å²) in [4.78, 5) is 34.1. The van der Waals surface area contributed by atoms with Crippen LogP contribution in [0.1, 0.15) is 76.6 Å². The Hall–Kier alpha value is -3.00.